The fourth-order valence-corrected chi connectivity index (χ4v) is 27.9. The molecule has 0 aromatic carbocycles. The van der Waals surface area contributed by atoms with Gasteiger partial charge in [-0.3, -0.25) is 0 Å². The van der Waals surface area contributed by atoms with Gasteiger partial charge in [0.2, 0.25) is 0 Å². The van der Waals surface area contributed by atoms with Crippen molar-refractivity contribution in [3.63, 3.8) is 0 Å². The van der Waals surface area contributed by atoms with Gasteiger partial charge in [-0.25, -0.2) is 0 Å². The molecule has 0 unspecified atom stereocenters. The summed E-state index contributed by atoms with van der Waals surface area (Å²) in [7, 11) is -9.97. The number of rotatable bonds is 11. The standard InChI is InChI=1S/C15H42O4Si5/c1-13-24(14-2,15-3)19-23(11,12)18-22(9,10)17-21(7,8)16-20(4,5)6/h13-15H2,1-12H3. The number of hydrogen-bond acceptors (Lipinski definition) is 4. The highest BCUT2D eigenvalue weighted by molar-refractivity contribution is 6.90. The Labute approximate surface area is 156 Å². The molecular formula is C15H42O4Si5. The zero-order valence-corrected chi connectivity index (χ0v) is 23.3. The lowest BCUT2D eigenvalue weighted by Crippen LogP contribution is -2.58. The Morgan fingerprint density at radius 2 is 0.750 bits per heavy atom. The van der Waals surface area contributed by atoms with Gasteiger partial charge in [0.1, 0.15) is 0 Å². The molecule has 0 radical (unpaired) electrons. The Bertz CT molecular complexity index is 382. The second-order valence-corrected chi connectivity index (χ2v) is 29.3. The van der Waals surface area contributed by atoms with Gasteiger partial charge in [0.05, 0.1) is 0 Å². The summed E-state index contributed by atoms with van der Waals surface area (Å²) >= 11 is 0. The van der Waals surface area contributed by atoms with Gasteiger partial charge in [0.15, 0.2) is 16.6 Å². The molecule has 0 aliphatic heterocycles. The summed E-state index contributed by atoms with van der Waals surface area (Å²) in [6, 6.07) is 3.46. The molecule has 0 atom stereocenters. The highest BCUT2D eigenvalue weighted by Gasteiger charge is 2.45. The minimum atomic E-state index is -2.29. The van der Waals surface area contributed by atoms with Crippen molar-refractivity contribution in [1.82, 2.24) is 0 Å². The minimum absolute atomic E-state index is 1.15. The predicted molar refractivity (Wildman–Crippen MR) is 117 cm³/mol. The Hall–Kier alpha value is 0.924. The number of hydrogen-bond donors (Lipinski definition) is 0. The summed E-state index contributed by atoms with van der Waals surface area (Å²) in [6.45, 7) is 26.4. The van der Waals surface area contributed by atoms with Crippen molar-refractivity contribution in [2.24, 2.45) is 0 Å². The zero-order chi connectivity index (χ0) is 19.4. The summed E-state index contributed by atoms with van der Waals surface area (Å²) in [6.07, 6.45) is 0. The Morgan fingerprint density at radius 1 is 0.458 bits per heavy atom. The minimum Gasteiger partial charge on any atom is -0.437 e. The molecule has 0 aliphatic carbocycles. The zero-order valence-electron chi connectivity index (χ0n) is 18.3. The summed E-state index contributed by atoms with van der Waals surface area (Å²) in [5, 5.41) is 0. The average molecular weight is 427 g/mol. The second kappa shape index (κ2) is 8.74. The molecule has 0 bridgehead atoms. The molecule has 0 rings (SSSR count). The van der Waals surface area contributed by atoms with E-state index in [0.717, 1.165) is 18.1 Å². The molecule has 146 valence electrons. The van der Waals surface area contributed by atoms with Crippen LogP contribution in [0.3, 0.4) is 0 Å². The van der Waals surface area contributed by atoms with Gasteiger partial charge in [-0.2, -0.15) is 0 Å². The van der Waals surface area contributed by atoms with Crippen LogP contribution in [0.5, 0.6) is 0 Å². The van der Waals surface area contributed by atoms with Crippen LogP contribution in [0.4, 0.5) is 0 Å². The van der Waals surface area contributed by atoms with Gasteiger partial charge in [-0.1, -0.05) is 20.8 Å². The third kappa shape index (κ3) is 9.57. The van der Waals surface area contributed by atoms with Gasteiger partial charge in [-0.15, -0.1) is 0 Å². The first kappa shape index (κ1) is 24.9. The summed E-state index contributed by atoms with van der Waals surface area (Å²) in [5.74, 6) is 0. The van der Waals surface area contributed by atoms with Crippen LogP contribution in [-0.2, 0) is 16.5 Å². The maximum atomic E-state index is 6.72. The van der Waals surface area contributed by atoms with E-state index in [1.54, 1.807) is 0 Å². The van der Waals surface area contributed by atoms with Crippen molar-refractivity contribution in [3.8, 4) is 0 Å². The van der Waals surface area contributed by atoms with E-state index in [0.29, 0.717) is 0 Å². The van der Waals surface area contributed by atoms with Crippen molar-refractivity contribution in [2.45, 2.75) is 97.8 Å². The van der Waals surface area contributed by atoms with Crippen LogP contribution in [0.2, 0.25) is 77.1 Å². The van der Waals surface area contributed by atoms with Gasteiger partial charge < -0.3 is 16.5 Å². The quantitative estimate of drug-likeness (QED) is 0.380. The summed E-state index contributed by atoms with van der Waals surface area (Å²) < 4.78 is 26.1. The average Bonchev–Trinajstić information content (AvgIpc) is 2.29. The lowest BCUT2D eigenvalue weighted by Gasteiger charge is -2.43. The molecule has 0 spiro atoms. The van der Waals surface area contributed by atoms with Gasteiger partial charge in [0.25, 0.3) is 0 Å². The molecule has 4 nitrogen and oxygen atoms in total. The van der Waals surface area contributed by atoms with Crippen LogP contribution in [0.15, 0.2) is 0 Å². The molecule has 0 fully saturated rings. The Kier molecular flexibility index (Phi) is 9.08. The smallest absolute Gasteiger partial charge is 0.314 e. The van der Waals surface area contributed by atoms with E-state index in [-0.39, 0.29) is 0 Å². The fourth-order valence-electron chi connectivity index (χ4n) is 3.47. The van der Waals surface area contributed by atoms with Gasteiger partial charge >= 0.3 is 25.7 Å². The normalized spacial score (nSPS) is 15.0. The van der Waals surface area contributed by atoms with Crippen molar-refractivity contribution in [1.29, 1.82) is 0 Å². The topological polar surface area (TPSA) is 36.9 Å². The molecule has 0 saturated carbocycles. The molecule has 9 heteroatoms. The Balaban J connectivity index is 5.06. The van der Waals surface area contributed by atoms with Gasteiger partial charge in [-0.05, 0) is 77.1 Å². The van der Waals surface area contributed by atoms with Crippen molar-refractivity contribution in [2.75, 3.05) is 0 Å². The second-order valence-electron chi connectivity index (χ2n) is 8.96. The first-order valence-corrected chi connectivity index (χ1v) is 23.7. The van der Waals surface area contributed by atoms with Crippen LogP contribution in [0.25, 0.3) is 0 Å². The third-order valence-corrected chi connectivity index (χ3v) is 23.8. The monoisotopic (exact) mass is 426 g/mol. The van der Waals surface area contributed by atoms with Crippen LogP contribution < -0.4 is 0 Å². The van der Waals surface area contributed by atoms with Gasteiger partial charge in [0, 0.05) is 0 Å². The first-order chi connectivity index (χ1) is 10.5. The van der Waals surface area contributed by atoms with Crippen LogP contribution in [-0.4, -0.2) is 42.3 Å². The van der Waals surface area contributed by atoms with E-state index in [9.17, 15) is 0 Å². The maximum absolute atomic E-state index is 6.72. The molecule has 0 heterocycles. The molecular weight excluding hydrogens is 385 g/mol. The van der Waals surface area contributed by atoms with Crippen LogP contribution >= 0.6 is 0 Å². The molecule has 0 aliphatic rings. The molecule has 0 saturated heterocycles. The van der Waals surface area contributed by atoms with Crippen LogP contribution in [0.1, 0.15) is 20.8 Å². The van der Waals surface area contributed by atoms with Crippen molar-refractivity contribution >= 4 is 42.3 Å². The summed E-state index contributed by atoms with van der Waals surface area (Å²) in [5.41, 5.74) is 0. The van der Waals surface area contributed by atoms with E-state index >= 15 is 0 Å². The van der Waals surface area contributed by atoms with Crippen LogP contribution in [0, 0.1) is 0 Å². The highest BCUT2D eigenvalue weighted by atomic mass is 28.5. The maximum Gasteiger partial charge on any atom is 0.314 e. The highest BCUT2D eigenvalue weighted by Crippen LogP contribution is 2.30. The molecule has 0 amide bonds. The van der Waals surface area contributed by atoms with E-state index in [1.165, 1.54) is 0 Å². The molecule has 24 heavy (non-hydrogen) atoms. The van der Waals surface area contributed by atoms with Crippen molar-refractivity contribution < 1.29 is 16.5 Å². The van der Waals surface area contributed by atoms with E-state index in [2.05, 4.69) is 79.7 Å². The lowest BCUT2D eigenvalue weighted by atomic mass is 10.9. The SMILES string of the molecule is CC[Si](CC)(CC)O[Si](C)(C)O[Si](C)(C)O[Si](C)(C)O[Si](C)(C)C. The lowest BCUT2D eigenvalue weighted by molar-refractivity contribution is 0.297. The van der Waals surface area contributed by atoms with E-state index < -0.39 is 42.3 Å². The summed E-state index contributed by atoms with van der Waals surface area (Å²) in [4.78, 5) is 0. The fraction of sp³-hybridized carbons (Fsp3) is 1.00. The molecule has 0 aromatic rings. The largest absolute Gasteiger partial charge is 0.437 e. The predicted octanol–water partition coefficient (Wildman–Crippen LogP) is 6.00. The van der Waals surface area contributed by atoms with E-state index in [4.69, 9.17) is 16.5 Å². The molecule has 0 N–H and O–H groups in total. The first-order valence-electron chi connectivity index (χ1n) is 9.31. The van der Waals surface area contributed by atoms with E-state index in [1.807, 2.05) is 0 Å². The van der Waals surface area contributed by atoms with Crippen molar-refractivity contribution in [3.05, 3.63) is 0 Å². The molecule has 0 aromatic heterocycles. The Morgan fingerprint density at radius 3 is 1.04 bits per heavy atom. The third-order valence-electron chi connectivity index (χ3n) is 3.93.